The van der Waals surface area contributed by atoms with E-state index in [9.17, 15) is 9.59 Å². The van der Waals surface area contributed by atoms with E-state index in [2.05, 4.69) is 34.7 Å². The predicted octanol–water partition coefficient (Wildman–Crippen LogP) is 4.00. The highest BCUT2D eigenvalue weighted by Gasteiger charge is 2.25. The number of amides is 2. The summed E-state index contributed by atoms with van der Waals surface area (Å²) in [5.41, 5.74) is 4.14. The van der Waals surface area contributed by atoms with Crippen molar-refractivity contribution in [3.63, 3.8) is 0 Å². The number of rotatable bonds is 5. The molecule has 2 aromatic carbocycles. The number of para-hydroxylation sites is 1. The van der Waals surface area contributed by atoms with Crippen LogP contribution in [0, 0.1) is 6.92 Å². The number of aromatic nitrogens is 1. The van der Waals surface area contributed by atoms with E-state index in [0.29, 0.717) is 24.4 Å². The summed E-state index contributed by atoms with van der Waals surface area (Å²) < 4.78 is 0. The van der Waals surface area contributed by atoms with Crippen molar-refractivity contribution in [2.24, 2.45) is 0 Å². The van der Waals surface area contributed by atoms with Gasteiger partial charge in [0, 0.05) is 48.7 Å². The largest absolute Gasteiger partial charge is 0.361 e. The summed E-state index contributed by atoms with van der Waals surface area (Å²) in [6.45, 7) is 3.83. The Morgan fingerprint density at radius 1 is 1.07 bits per heavy atom. The molecule has 29 heavy (non-hydrogen) atoms. The van der Waals surface area contributed by atoms with Gasteiger partial charge in [0.2, 0.25) is 5.91 Å². The molecule has 0 aliphatic carbocycles. The van der Waals surface area contributed by atoms with E-state index in [-0.39, 0.29) is 11.8 Å². The molecule has 2 N–H and O–H groups in total. The van der Waals surface area contributed by atoms with Crippen LogP contribution < -0.4 is 5.32 Å². The normalized spacial score (nSPS) is 14.9. The third kappa shape index (κ3) is 4.19. The first-order valence-corrected chi connectivity index (χ1v) is 10.3. The van der Waals surface area contributed by atoms with Crippen molar-refractivity contribution in [2.75, 3.05) is 19.6 Å². The smallest absolute Gasteiger partial charge is 0.251 e. The molecule has 0 bridgehead atoms. The molecule has 4 rings (SSSR count). The molecule has 150 valence electrons. The quantitative estimate of drug-likeness (QED) is 0.693. The number of H-pyrrole nitrogens is 1. The van der Waals surface area contributed by atoms with Gasteiger partial charge >= 0.3 is 0 Å². The fourth-order valence-electron chi connectivity index (χ4n) is 4.24. The maximum Gasteiger partial charge on any atom is 0.251 e. The Kier molecular flexibility index (Phi) is 5.65. The first-order chi connectivity index (χ1) is 14.1. The number of likely N-dealkylation sites (tertiary alicyclic amines) is 1. The highest BCUT2D eigenvalue weighted by Crippen LogP contribution is 2.33. The summed E-state index contributed by atoms with van der Waals surface area (Å²) in [6.07, 6.45) is 4.41. The molecule has 0 saturated carbocycles. The van der Waals surface area contributed by atoms with Crippen molar-refractivity contribution >= 4 is 22.7 Å². The topological polar surface area (TPSA) is 65.2 Å². The van der Waals surface area contributed by atoms with Crippen LogP contribution in [0.15, 0.2) is 54.7 Å². The van der Waals surface area contributed by atoms with Crippen LogP contribution in [-0.4, -0.2) is 41.3 Å². The molecule has 2 heterocycles. The zero-order chi connectivity index (χ0) is 20.2. The van der Waals surface area contributed by atoms with Gasteiger partial charge in [-0.1, -0.05) is 36.4 Å². The number of aromatic amines is 1. The van der Waals surface area contributed by atoms with E-state index in [1.807, 2.05) is 42.2 Å². The van der Waals surface area contributed by atoms with Gasteiger partial charge in [-0.2, -0.15) is 0 Å². The molecular weight excluding hydrogens is 362 g/mol. The number of aryl methyl sites for hydroxylation is 1. The van der Waals surface area contributed by atoms with Crippen molar-refractivity contribution in [1.82, 2.24) is 15.2 Å². The number of piperidine rings is 1. The highest BCUT2D eigenvalue weighted by molar-refractivity contribution is 5.95. The minimum Gasteiger partial charge on any atom is -0.361 e. The number of nitrogens with zero attached hydrogens (tertiary/aromatic N) is 1. The van der Waals surface area contributed by atoms with Crippen LogP contribution in [0.2, 0.25) is 0 Å². The Hall–Kier alpha value is -3.08. The molecule has 3 aromatic rings. The van der Waals surface area contributed by atoms with E-state index >= 15 is 0 Å². The molecule has 1 saturated heterocycles. The Morgan fingerprint density at radius 2 is 1.79 bits per heavy atom. The Balaban J connectivity index is 1.26. The maximum absolute atomic E-state index is 12.6. The van der Waals surface area contributed by atoms with Gasteiger partial charge < -0.3 is 15.2 Å². The highest BCUT2D eigenvalue weighted by atomic mass is 16.2. The van der Waals surface area contributed by atoms with Crippen LogP contribution in [0.3, 0.4) is 0 Å². The average Bonchev–Trinajstić information content (AvgIpc) is 3.18. The number of hydrogen-bond acceptors (Lipinski definition) is 2. The Labute approximate surface area is 171 Å². The van der Waals surface area contributed by atoms with Gasteiger partial charge in [-0.3, -0.25) is 9.59 Å². The van der Waals surface area contributed by atoms with Crippen molar-refractivity contribution in [3.8, 4) is 0 Å². The number of nitrogens with one attached hydrogen (secondary N) is 2. The lowest BCUT2D eigenvalue weighted by Gasteiger charge is -2.32. The summed E-state index contributed by atoms with van der Waals surface area (Å²) in [5, 5.41) is 4.16. The summed E-state index contributed by atoms with van der Waals surface area (Å²) in [5.74, 6) is 0.484. The second-order valence-corrected chi connectivity index (χ2v) is 7.77. The Bertz CT molecular complexity index is 1020. The van der Waals surface area contributed by atoms with E-state index in [4.69, 9.17) is 0 Å². The summed E-state index contributed by atoms with van der Waals surface area (Å²) in [7, 11) is 0. The second-order valence-electron chi connectivity index (χ2n) is 7.77. The molecule has 1 aliphatic heterocycles. The number of fused-ring (bicyclic) bond motifs is 1. The zero-order valence-electron chi connectivity index (χ0n) is 16.8. The molecule has 0 spiro atoms. The Morgan fingerprint density at radius 3 is 2.59 bits per heavy atom. The van der Waals surface area contributed by atoms with Crippen molar-refractivity contribution in [3.05, 3.63) is 71.4 Å². The maximum atomic E-state index is 12.6. The minimum absolute atomic E-state index is 0.117. The first-order valence-electron chi connectivity index (χ1n) is 10.3. The van der Waals surface area contributed by atoms with Gasteiger partial charge in [0.25, 0.3) is 5.91 Å². The van der Waals surface area contributed by atoms with Gasteiger partial charge in [0.15, 0.2) is 0 Å². The van der Waals surface area contributed by atoms with Crippen LogP contribution in [0.5, 0.6) is 0 Å². The summed E-state index contributed by atoms with van der Waals surface area (Å²) in [4.78, 5) is 30.1. The van der Waals surface area contributed by atoms with E-state index in [1.54, 1.807) is 0 Å². The van der Waals surface area contributed by atoms with Crippen LogP contribution in [0.1, 0.15) is 46.7 Å². The monoisotopic (exact) mass is 389 g/mol. The second kappa shape index (κ2) is 8.52. The van der Waals surface area contributed by atoms with Gasteiger partial charge in [0.05, 0.1) is 0 Å². The fraction of sp³-hybridized carbons (Fsp3) is 0.333. The third-order valence-electron chi connectivity index (χ3n) is 5.92. The molecule has 2 amide bonds. The SMILES string of the molecule is Cc1ccccc1C(=O)NCCC(=O)N1CCC(c2c[nH]c3ccccc23)CC1. The van der Waals surface area contributed by atoms with Gasteiger partial charge in [-0.05, 0) is 48.9 Å². The van der Waals surface area contributed by atoms with Crippen LogP contribution in [0.25, 0.3) is 10.9 Å². The molecule has 1 fully saturated rings. The standard InChI is InChI=1S/C24H27N3O2/c1-17-6-2-3-7-19(17)24(29)25-13-10-23(28)27-14-11-18(12-15-27)21-16-26-22-9-5-4-8-20(21)22/h2-9,16,18,26H,10-15H2,1H3,(H,25,29). The van der Waals surface area contributed by atoms with Crippen molar-refractivity contribution in [1.29, 1.82) is 0 Å². The molecule has 1 aromatic heterocycles. The molecule has 1 aliphatic rings. The van der Waals surface area contributed by atoms with Crippen molar-refractivity contribution < 1.29 is 9.59 Å². The van der Waals surface area contributed by atoms with Gasteiger partial charge in [-0.15, -0.1) is 0 Å². The number of benzene rings is 2. The molecule has 0 unspecified atom stereocenters. The number of hydrogen-bond donors (Lipinski definition) is 2. The average molecular weight is 389 g/mol. The summed E-state index contributed by atoms with van der Waals surface area (Å²) >= 11 is 0. The zero-order valence-corrected chi connectivity index (χ0v) is 16.8. The van der Waals surface area contributed by atoms with Crippen LogP contribution in [-0.2, 0) is 4.79 Å². The van der Waals surface area contributed by atoms with E-state index in [1.165, 1.54) is 16.5 Å². The lowest BCUT2D eigenvalue weighted by Crippen LogP contribution is -2.39. The van der Waals surface area contributed by atoms with Crippen LogP contribution >= 0.6 is 0 Å². The number of carbonyl (C=O) groups is 2. The third-order valence-corrected chi connectivity index (χ3v) is 5.92. The fourth-order valence-corrected chi connectivity index (χ4v) is 4.24. The molecule has 5 nitrogen and oxygen atoms in total. The first kappa shape index (κ1) is 19.2. The number of carbonyl (C=O) groups excluding carboxylic acids is 2. The van der Waals surface area contributed by atoms with Crippen molar-refractivity contribution in [2.45, 2.75) is 32.1 Å². The minimum atomic E-state index is -0.117. The van der Waals surface area contributed by atoms with Gasteiger partial charge in [-0.25, -0.2) is 0 Å². The van der Waals surface area contributed by atoms with Crippen LogP contribution in [0.4, 0.5) is 0 Å². The lowest BCUT2D eigenvalue weighted by atomic mass is 9.89. The lowest BCUT2D eigenvalue weighted by molar-refractivity contribution is -0.132. The van der Waals surface area contributed by atoms with Gasteiger partial charge in [0.1, 0.15) is 0 Å². The molecule has 0 radical (unpaired) electrons. The molecular formula is C24H27N3O2. The molecule has 0 atom stereocenters. The summed E-state index contributed by atoms with van der Waals surface area (Å²) in [6, 6.07) is 15.9. The molecule has 5 heteroatoms. The van der Waals surface area contributed by atoms with E-state index in [0.717, 1.165) is 31.5 Å². The van der Waals surface area contributed by atoms with E-state index < -0.39 is 0 Å². The predicted molar refractivity (Wildman–Crippen MR) is 115 cm³/mol.